The molecule has 1 aromatic rings. The Morgan fingerprint density at radius 1 is 1.47 bits per heavy atom. The number of halogens is 1. The molecule has 0 spiro atoms. The Hall–Kier alpha value is -1.00. The van der Waals surface area contributed by atoms with Crippen LogP contribution in [0.2, 0.25) is 0 Å². The Labute approximate surface area is 109 Å². The largest absolute Gasteiger partial charge is 0.501 e. The molecule has 4 heteroatoms. The summed E-state index contributed by atoms with van der Waals surface area (Å²) in [6.07, 6.45) is 2.84. The molecule has 0 bridgehead atoms. The third-order valence-corrected chi connectivity index (χ3v) is 3.53. The Morgan fingerprint density at radius 2 is 2.29 bits per heavy atom. The fourth-order valence-electron chi connectivity index (χ4n) is 1.84. The van der Waals surface area contributed by atoms with E-state index in [-0.39, 0.29) is 0 Å². The lowest BCUT2D eigenvalue weighted by atomic mass is 9.98. The molecule has 1 heterocycles. The van der Waals surface area contributed by atoms with Crippen LogP contribution in [0.15, 0.2) is 34.5 Å². The molecule has 0 saturated heterocycles. The maximum atomic E-state index is 10.3. The molecule has 1 unspecified atom stereocenters. The molecule has 0 aromatic heterocycles. The van der Waals surface area contributed by atoms with Gasteiger partial charge in [0.25, 0.3) is 0 Å². The molecule has 92 valence electrons. The number of aliphatic hydroxyl groups excluding tert-OH is 1. The molecular weight excluding hydrogens is 284 g/mol. The molecule has 0 amide bonds. The average molecular weight is 299 g/mol. The zero-order chi connectivity index (χ0) is 12.3. The Kier molecular flexibility index (Phi) is 4.07. The van der Waals surface area contributed by atoms with Crippen molar-refractivity contribution in [1.29, 1.82) is 0 Å². The predicted octanol–water partition coefficient (Wildman–Crippen LogP) is 3.19. The van der Waals surface area contributed by atoms with Crippen molar-refractivity contribution in [3.63, 3.8) is 0 Å². The van der Waals surface area contributed by atoms with E-state index in [0.29, 0.717) is 0 Å². The molecule has 2 rings (SSSR count). The third kappa shape index (κ3) is 2.82. The van der Waals surface area contributed by atoms with Crippen LogP contribution in [-0.2, 0) is 4.74 Å². The Bertz CT molecular complexity index is 429. The molecule has 3 nitrogen and oxygen atoms in total. The molecule has 0 radical (unpaired) electrons. The van der Waals surface area contributed by atoms with Crippen LogP contribution in [0.5, 0.6) is 5.75 Å². The van der Waals surface area contributed by atoms with E-state index in [0.717, 1.165) is 40.8 Å². The lowest BCUT2D eigenvalue weighted by Gasteiger charge is -2.20. The molecule has 1 N–H and O–H groups in total. The second-order valence-electron chi connectivity index (χ2n) is 3.96. The van der Waals surface area contributed by atoms with Crippen LogP contribution in [-0.4, -0.2) is 18.8 Å². The number of rotatable bonds is 3. The fourth-order valence-corrected chi connectivity index (χ4v) is 2.31. The van der Waals surface area contributed by atoms with Crippen LogP contribution in [0.25, 0.3) is 0 Å². The van der Waals surface area contributed by atoms with Crippen molar-refractivity contribution in [2.24, 2.45) is 0 Å². The minimum absolute atomic E-state index is 0.639. The van der Waals surface area contributed by atoms with Crippen LogP contribution in [0, 0.1) is 0 Å². The normalized spacial score (nSPS) is 17.0. The highest BCUT2D eigenvalue weighted by Gasteiger charge is 2.19. The monoisotopic (exact) mass is 298 g/mol. The number of benzene rings is 1. The minimum atomic E-state index is -0.639. The van der Waals surface area contributed by atoms with Gasteiger partial charge in [0, 0.05) is 10.0 Å². The smallest absolute Gasteiger partial charge is 0.119 e. The van der Waals surface area contributed by atoms with Crippen molar-refractivity contribution in [2.45, 2.75) is 18.9 Å². The first-order chi connectivity index (χ1) is 8.22. The van der Waals surface area contributed by atoms with E-state index in [1.165, 1.54) is 0 Å². The molecule has 1 atom stereocenters. The maximum absolute atomic E-state index is 10.3. The van der Waals surface area contributed by atoms with E-state index >= 15 is 0 Å². The van der Waals surface area contributed by atoms with Gasteiger partial charge in [0.05, 0.1) is 20.0 Å². The summed E-state index contributed by atoms with van der Waals surface area (Å²) in [5, 5.41) is 10.3. The molecular formula is C13H15BrO3. The van der Waals surface area contributed by atoms with Gasteiger partial charge in [-0.3, -0.25) is 0 Å². The molecule has 0 fully saturated rings. The summed E-state index contributed by atoms with van der Waals surface area (Å²) >= 11 is 3.44. The van der Waals surface area contributed by atoms with Gasteiger partial charge in [-0.1, -0.05) is 15.9 Å². The van der Waals surface area contributed by atoms with Crippen LogP contribution in [0.1, 0.15) is 24.5 Å². The van der Waals surface area contributed by atoms with Gasteiger partial charge in [0.2, 0.25) is 0 Å². The topological polar surface area (TPSA) is 38.7 Å². The van der Waals surface area contributed by atoms with Crippen LogP contribution in [0.4, 0.5) is 0 Å². The second kappa shape index (κ2) is 5.56. The first kappa shape index (κ1) is 12.5. The number of methoxy groups -OCH3 is 1. The Balaban J connectivity index is 2.28. The number of hydrogen-bond acceptors (Lipinski definition) is 3. The first-order valence-electron chi connectivity index (χ1n) is 5.54. The lowest BCUT2D eigenvalue weighted by molar-refractivity contribution is 0.170. The number of aliphatic hydroxyl groups is 1. The number of hydrogen-bond donors (Lipinski definition) is 1. The highest BCUT2D eigenvalue weighted by molar-refractivity contribution is 9.10. The zero-order valence-corrected chi connectivity index (χ0v) is 11.2. The zero-order valence-electron chi connectivity index (χ0n) is 9.65. The van der Waals surface area contributed by atoms with Crippen molar-refractivity contribution < 1.29 is 14.6 Å². The fraction of sp³-hybridized carbons (Fsp3) is 0.385. The van der Waals surface area contributed by atoms with Gasteiger partial charge in [0.1, 0.15) is 11.9 Å². The minimum Gasteiger partial charge on any atom is -0.501 e. The highest BCUT2D eigenvalue weighted by Crippen LogP contribution is 2.34. The van der Waals surface area contributed by atoms with Crippen molar-refractivity contribution >= 4 is 15.9 Å². The van der Waals surface area contributed by atoms with E-state index in [1.54, 1.807) is 13.4 Å². The van der Waals surface area contributed by atoms with Crippen molar-refractivity contribution in [3.8, 4) is 5.75 Å². The van der Waals surface area contributed by atoms with Gasteiger partial charge in [-0.2, -0.15) is 0 Å². The summed E-state index contributed by atoms with van der Waals surface area (Å²) < 4.78 is 11.3. The molecule has 0 aliphatic carbocycles. The van der Waals surface area contributed by atoms with E-state index in [1.807, 2.05) is 18.2 Å². The summed E-state index contributed by atoms with van der Waals surface area (Å²) in [7, 11) is 1.61. The van der Waals surface area contributed by atoms with Gasteiger partial charge < -0.3 is 14.6 Å². The molecule has 1 aromatic carbocycles. The van der Waals surface area contributed by atoms with Crippen molar-refractivity contribution in [1.82, 2.24) is 0 Å². The van der Waals surface area contributed by atoms with Gasteiger partial charge in [-0.25, -0.2) is 0 Å². The van der Waals surface area contributed by atoms with Crippen molar-refractivity contribution in [2.75, 3.05) is 13.7 Å². The number of ether oxygens (including phenoxy) is 2. The highest BCUT2D eigenvalue weighted by atomic mass is 79.9. The van der Waals surface area contributed by atoms with Gasteiger partial charge in [0.15, 0.2) is 0 Å². The van der Waals surface area contributed by atoms with Crippen molar-refractivity contribution in [3.05, 3.63) is 40.1 Å². The van der Waals surface area contributed by atoms with Gasteiger partial charge in [-0.05, 0) is 36.6 Å². The maximum Gasteiger partial charge on any atom is 0.119 e. The van der Waals surface area contributed by atoms with Crippen LogP contribution < -0.4 is 4.74 Å². The second-order valence-corrected chi connectivity index (χ2v) is 4.81. The standard InChI is InChI=1S/C13H15BrO3/c1-16-10-4-5-12(14)11(7-10)13(15)9-3-2-6-17-8-9/h4-5,7-8,13,15H,2-3,6H2,1H3. The summed E-state index contributed by atoms with van der Waals surface area (Å²) in [6.45, 7) is 0.732. The quantitative estimate of drug-likeness (QED) is 0.931. The van der Waals surface area contributed by atoms with E-state index in [9.17, 15) is 5.11 Å². The summed E-state index contributed by atoms with van der Waals surface area (Å²) in [5.41, 5.74) is 1.71. The van der Waals surface area contributed by atoms with Crippen LogP contribution >= 0.6 is 15.9 Å². The lowest BCUT2D eigenvalue weighted by Crippen LogP contribution is -2.08. The van der Waals surface area contributed by atoms with E-state index in [2.05, 4.69) is 15.9 Å². The van der Waals surface area contributed by atoms with E-state index < -0.39 is 6.10 Å². The Morgan fingerprint density at radius 3 is 2.94 bits per heavy atom. The molecule has 1 aliphatic heterocycles. The predicted molar refractivity (Wildman–Crippen MR) is 68.9 cm³/mol. The summed E-state index contributed by atoms with van der Waals surface area (Å²) in [6, 6.07) is 5.57. The van der Waals surface area contributed by atoms with E-state index in [4.69, 9.17) is 9.47 Å². The third-order valence-electron chi connectivity index (χ3n) is 2.81. The summed E-state index contributed by atoms with van der Waals surface area (Å²) in [4.78, 5) is 0. The first-order valence-corrected chi connectivity index (χ1v) is 6.33. The summed E-state index contributed by atoms with van der Waals surface area (Å²) in [5.74, 6) is 0.736. The average Bonchev–Trinajstić information content (AvgIpc) is 2.39. The SMILES string of the molecule is COc1ccc(Br)c(C(O)C2=COCCC2)c1. The van der Waals surface area contributed by atoms with Gasteiger partial charge >= 0.3 is 0 Å². The molecule has 17 heavy (non-hydrogen) atoms. The van der Waals surface area contributed by atoms with Gasteiger partial charge in [-0.15, -0.1) is 0 Å². The molecule has 0 saturated carbocycles. The molecule has 1 aliphatic rings. The van der Waals surface area contributed by atoms with Crippen LogP contribution in [0.3, 0.4) is 0 Å².